The molecule has 30 heavy (non-hydrogen) atoms. The smallest absolute Gasteiger partial charge is 0.257 e. The maximum Gasteiger partial charge on any atom is 0.257 e. The highest BCUT2D eigenvalue weighted by Gasteiger charge is 2.11. The Labute approximate surface area is 175 Å². The monoisotopic (exact) mass is 394 g/mol. The van der Waals surface area contributed by atoms with Gasteiger partial charge in [0, 0.05) is 18.2 Å². The Morgan fingerprint density at radius 1 is 0.833 bits per heavy atom. The third-order valence-corrected chi connectivity index (χ3v) is 4.89. The van der Waals surface area contributed by atoms with Gasteiger partial charge >= 0.3 is 0 Å². The van der Waals surface area contributed by atoms with Crippen molar-refractivity contribution in [3.8, 4) is 17.0 Å². The summed E-state index contributed by atoms with van der Waals surface area (Å²) in [6.07, 6.45) is 4.74. The fraction of sp³-hybridized carbons (Fsp3) is 0.120. The third-order valence-electron chi connectivity index (χ3n) is 4.89. The van der Waals surface area contributed by atoms with Crippen molar-refractivity contribution >= 4 is 6.29 Å². The molecule has 1 N–H and O–H groups in total. The van der Waals surface area contributed by atoms with Crippen molar-refractivity contribution in [2.75, 3.05) is 0 Å². The molecule has 0 aliphatic rings. The molecule has 2 aromatic heterocycles. The SMILES string of the molecule is Cc1nc(Cc2ccc(-c3ccc(Cc4ccccc4)cc3)nc2)nc([C]=O)c1O. The lowest BCUT2D eigenvalue weighted by Gasteiger charge is -2.07. The van der Waals surface area contributed by atoms with Crippen LogP contribution in [0.1, 0.15) is 33.9 Å². The maximum absolute atomic E-state index is 10.9. The van der Waals surface area contributed by atoms with E-state index < -0.39 is 0 Å². The average molecular weight is 394 g/mol. The number of aromatic hydroxyl groups is 1. The molecule has 4 aromatic rings. The van der Waals surface area contributed by atoms with E-state index in [1.165, 1.54) is 11.1 Å². The van der Waals surface area contributed by atoms with Gasteiger partial charge in [0.05, 0.1) is 11.4 Å². The van der Waals surface area contributed by atoms with Crippen molar-refractivity contribution in [2.24, 2.45) is 0 Å². The maximum atomic E-state index is 10.9. The van der Waals surface area contributed by atoms with E-state index in [1.54, 1.807) is 19.4 Å². The Balaban J connectivity index is 1.47. The van der Waals surface area contributed by atoms with E-state index in [4.69, 9.17) is 0 Å². The molecule has 0 fully saturated rings. The summed E-state index contributed by atoms with van der Waals surface area (Å²) >= 11 is 0. The molecule has 4 rings (SSSR count). The van der Waals surface area contributed by atoms with Crippen molar-refractivity contribution in [2.45, 2.75) is 19.8 Å². The van der Waals surface area contributed by atoms with Crippen LogP contribution in [0.2, 0.25) is 0 Å². The number of rotatable bonds is 6. The van der Waals surface area contributed by atoms with Crippen LogP contribution >= 0.6 is 0 Å². The zero-order valence-electron chi connectivity index (χ0n) is 16.5. The Bertz CT molecular complexity index is 1160. The molecule has 5 heteroatoms. The van der Waals surface area contributed by atoms with Gasteiger partial charge in [0.15, 0.2) is 11.4 Å². The van der Waals surface area contributed by atoms with Gasteiger partial charge in [-0.3, -0.25) is 9.78 Å². The van der Waals surface area contributed by atoms with Gasteiger partial charge in [-0.15, -0.1) is 0 Å². The highest BCUT2D eigenvalue weighted by atomic mass is 16.3. The van der Waals surface area contributed by atoms with E-state index in [0.29, 0.717) is 17.9 Å². The topological polar surface area (TPSA) is 76.0 Å². The van der Waals surface area contributed by atoms with E-state index in [9.17, 15) is 9.90 Å². The molecule has 0 spiro atoms. The number of aromatic nitrogens is 3. The van der Waals surface area contributed by atoms with E-state index in [0.717, 1.165) is 23.2 Å². The van der Waals surface area contributed by atoms with Crippen LogP contribution in [-0.4, -0.2) is 26.3 Å². The van der Waals surface area contributed by atoms with Crippen LogP contribution in [0.5, 0.6) is 5.75 Å². The molecule has 0 saturated heterocycles. The van der Waals surface area contributed by atoms with Gasteiger partial charge in [-0.25, -0.2) is 9.97 Å². The van der Waals surface area contributed by atoms with Crippen LogP contribution in [0, 0.1) is 6.92 Å². The first-order valence-electron chi connectivity index (χ1n) is 9.65. The first-order chi connectivity index (χ1) is 14.6. The summed E-state index contributed by atoms with van der Waals surface area (Å²) in [5, 5.41) is 9.75. The molecule has 5 nitrogen and oxygen atoms in total. The van der Waals surface area contributed by atoms with E-state index >= 15 is 0 Å². The zero-order chi connectivity index (χ0) is 20.9. The summed E-state index contributed by atoms with van der Waals surface area (Å²) in [5.41, 5.74) is 5.64. The van der Waals surface area contributed by atoms with Crippen LogP contribution in [0.25, 0.3) is 11.3 Å². The van der Waals surface area contributed by atoms with Gasteiger partial charge in [0.2, 0.25) is 0 Å². The molecule has 0 unspecified atom stereocenters. The molecule has 0 atom stereocenters. The highest BCUT2D eigenvalue weighted by molar-refractivity contribution is 5.76. The predicted molar refractivity (Wildman–Crippen MR) is 115 cm³/mol. The van der Waals surface area contributed by atoms with Gasteiger partial charge in [0.25, 0.3) is 6.29 Å². The highest BCUT2D eigenvalue weighted by Crippen LogP contribution is 2.21. The van der Waals surface area contributed by atoms with E-state index in [1.807, 2.05) is 18.2 Å². The van der Waals surface area contributed by atoms with E-state index in [2.05, 4.69) is 63.5 Å². The predicted octanol–water partition coefficient (Wildman–Crippen LogP) is 4.19. The minimum atomic E-state index is -0.224. The molecular weight excluding hydrogens is 374 g/mol. The lowest BCUT2D eigenvalue weighted by molar-refractivity contribution is 0.459. The van der Waals surface area contributed by atoms with E-state index in [-0.39, 0.29) is 11.4 Å². The van der Waals surface area contributed by atoms with Crippen molar-refractivity contribution in [3.63, 3.8) is 0 Å². The summed E-state index contributed by atoms with van der Waals surface area (Å²) in [5.74, 6) is 0.224. The second-order valence-electron chi connectivity index (χ2n) is 7.11. The van der Waals surface area contributed by atoms with Crippen molar-refractivity contribution in [3.05, 3.63) is 107 Å². The number of carbonyl (C=O) groups excluding carboxylic acids is 1. The van der Waals surface area contributed by atoms with Crippen LogP contribution in [0.15, 0.2) is 72.9 Å². The fourth-order valence-corrected chi connectivity index (χ4v) is 3.28. The minimum Gasteiger partial charge on any atom is -0.504 e. The summed E-state index contributed by atoms with van der Waals surface area (Å²) in [4.78, 5) is 23.8. The molecule has 0 aliphatic heterocycles. The number of pyridine rings is 1. The number of hydrogen-bond acceptors (Lipinski definition) is 5. The summed E-state index contributed by atoms with van der Waals surface area (Å²) in [6, 6.07) is 22.7. The average Bonchev–Trinajstić information content (AvgIpc) is 2.78. The number of nitrogens with zero attached hydrogens (tertiary/aromatic N) is 3. The molecule has 2 heterocycles. The summed E-state index contributed by atoms with van der Waals surface area (Å²) < 4.78 is 0. The van der Waals surface area contributed by atoms with Crippen LogP contribution in [-0.2, 0) is 17.6 Å². The number of hydrogen-bond donors (Lipinski definition) is 1. The Kier molecular flexibility index (Phi) is 5.61. The second kappa shape index (κ2) is 8.66. The molecule has 0 amide bonds. The molecular formula is C25H20N3O2. The molecule has 1 radical (unpaired) electrons. The van der Waals surface area contributed by atoms with Gasteiger partial charge < -0.3 is 5.11 Å². The molecule has 147 valence electrons. The number of aryl methyl sites for hydroxylation is 1. The first kappa shape index (κ1) is 19.5. The molecule has 0 saturated carbocycles. The largest absolute Gasteiger partial charge is 0.504 e. The van der Waals surface area contributed by atoms with Crippen molar-refractivity contribution in [1.29, 1.82) is 0 Å². The van der Waals surface area contributed by atoms with Gasteiger partial charge in [-0.1, -0.05) is 60.7 Å². The minimum absolute atomic E-state index is 0.113. The Hall–Kier alpha value is -3.86. The van der Waals surface area contributed by atoms with Crippen LogP contribution in [0.3, 0.4) is 0 Å². The molecule has 2 aromatic carbocycles. The standard InChI is InChI=1S/C25H20N3O2/c1-17-25(30)23(16-29)28-24(27-17)14-20-9-12-22(26-15-20)21-10-7-19(8-11-21)13-18-5-3-2-4-6-18/h2-12,15,30H,13-14H2,1H3. The van der Waals surface area contributed by atoms with Gasteiger partial charge in [0.1, 0.15) is 5.82 Å². The van der Waals surface area contributed by atoms with Crippen molar-refractivity contribution in [1.82, 2.24) is 15.0 Å². The summed E-state index contributed by atoms with van der Waals surface area (Å²) in [7, 11) is 0. The normalized spacial score (nSPS) is 10.7. The summed E-state index contributed by atoms with van der Waals surface area (Å²) in [6.45, 7) is 1.63. The lowest BCUT2D eigenvalue weighted by atomic mass is 10.0. The second-order valence-corrected chi connectivity index (χ2v) is 7.11. The first-order valence-corrected chi connectivity index (χ1v) is 9.65. The third kappa shape index (κ3) is 4.41. The van der Waals surface area contributed by atoms with Gasteiger partial charge in [-0.2, -0.15) is 0 Å². The fourth-order valence-electron chi connectivity index (χ4n) is 3.28. The van der Waals surface area contributed by atoms with Crippen molar-refractivity contribution < 1.29 is 9.90 Å². The Morgan fingerprint density at radius 2 is 1.53 bits per heavy atom. The number of benzene rings is 2. The Morgan fingerprint density at radius 3 is 2.20 bits per heavy atom. The van der Waals surface area contributed by atoms with Crippen LogP contribution < -0.4 is 0 Å². The molecule has 0 aliphatic carbocycles. The quantitative estimate of drug-likeness (QED) is 0.531. The molecule has 0 bridgehead atoms. The zero-order valence-corrected chi connectivity index (χ0v) is 16.5. The van der Waals surface area contributed by atoms with Gasteiger partial charge in [-0.05, 0) is 36.1 Å². The van der Waals surface area contributed by atoms with Crippen LogP contribution in [0.4, 0.5) is 0 Å². The lowest BCUT2D eigenvalue weighted by Crippen LogP contribution is -2.03.